The molecule has 0 aliphatic carbocycles. The molecule has 1 radical (unpaired) electrons. The Morgan fingerprint density at radius 2 is 1.48 bits per heavy atom. The highest BCUT2D eigenvalue weighted by Crippen LogP contribution is 2.32. The first-order valence-corrected chi connectivity index (χ1v) is 9.85. The van der Waals surface area contributed by atoms with E-state index in [4.69, 9.17) is 0 Å². The number of fused-ring (bicyclic) bond motifs is 1. The van der Waals surface area contributed by atoms with Gasteiger partial charge in [-0.2, -0.15) is 0 Å². The molecule has 0 bridgehead atoms. The third-order valence-corrected chi connectivity index (χ3v) is 5.30. The van der Waals surface area contributed by atoms with Gasteiger partial charge in [0.1, 0.15) is 0 Å². The van der Waals surface area contributed by atoms with Crippen LogP contribution in [0.5, 0.6) is 0 Å². The van der Waals surface area contributed by atoms with Gasteiger partial charge in [0.15, 0.2) is 7.28 Å². The maximum absolute atomic E-state index is 4.52. The summed E-state index contributed by atoms with van der Waals surface area (Å²) < 4.78 is 2.34. The second-order valence-electron chi connectivity index (χ2n) is 7.10. The highest BCUT2D eigenvalue weighted by Gasteiger charge is 2.12. The number of benzene rings is 3. The van der Waals surface area contributed by atoms with Crippen molar-refractivity contribution >= 4 is 23.8 Å². The average molecular weight is 371 g/mol. The second-order valence-corrected chi connectivity index (χ2v) is 7.10. The quantitative estimate of drug-likeness (QED) is 0.369. The summed E-state index contributed by atoms with van der Waals surface area (Å²) in [6.07, 6.45) is 1.94. The van der Waals surface area contributed by atoms with Crippen LogP contribution in [0.4, 0.5) is 0 Å². The molecule has 0 amide bonds. The minimum atomic E-state index is 0.993. The van der Waals surface area contributed by atoms with E-state index in [1.54, 1.807) is 0 Å². The van der Waals surface area contributed by atoms with Crippen LogP contribution in [0.25, 0.3) is 39.0 Å². The Hall–Kier alpha value is -3.59. The molecule has 0 aliphatic rings. The van der Waals surface area contributed by atoms with Crippen LogP contribution in [0.2, 0.25) is 6.82 Å². The van der Waals surface area contributed by atoms with Gasteiger partial charge in [-0.25, -0.2) is 0 Å². The smallest absolute Gasteiger partial charge is 0.174 e. The summed E-state index contributed by atoms with van der Waals surface area (Å²) >= 11 is 0. The standard InChI is InChI=1S/C26H20BN2/c1-27-26-15-14-22(18-28-26)20-11-7-12-23(16-20)29-24-13-6-5-10-21(24)17-25(29)19-8-3-2-4-9-19/h2-18H,1H3. The van der Waals surface area contributed by atoms with Crippen LogP contribution in [-0.4, -0.2) is 16.8 Å². The molecule has 137 valence electrons. The van der Waals surface area contributed by atoms with Gasteiger partial charge in [-0.05, 0) is 41.0 Å². The van der Waals surface area contributed by atoms with E-state index in [0.29, 0.717) is 0 Å². The number of para-hydroxylation sites is 1. The Labute approximate surface area is 171 Å². The first-order chi connectivity index (χ1) is 14.3. The van der Waals surface area contributed by atoms with Crippen molar-refractivity contribution in [2.24, 2.45) is 0 Å². The molecule has 5 rings (SSSR count). The average Bonchev–Trinajstić information content (AvgIpc) is 3.19. The number of hydrogen-bond donors (Lipinski definition) is 0. The molecule has 29 heavy (non-hydrogen) atoms. The summed E-state index contributed by atoms with van der Waals surface area (Å²) in [6, 6.07) is 34.2. The fourth-order valence-corrected chi connectivity index (χ4v) is 3.83. The third-order valence-electron chi connectivity index (χ3n) is 5.30. The van der Waals surface area contributed by atoms with Crippen LogP contribution in [0.1, 0.15) is 0 Å². The van der Waals surface area contributed by atoms with E-state index in [1.165, 1.54) is 22.2 Å². The largest absolute Gasteiger partial charge is 0.309 e. The van der Waals surface area contributed by atoms with E-state index in [-0.39, 0.29) is 0 Å². The van der Waals surface area contributed by atoms with E-state index in [0.717, 1.165) is 22.4 Å². The van der Waals surface area contributed by atoms with E-state index in [2.05, 4.69) is 107 Å². The van der Waals surface area contributed by atoms with Gasteiger partial charge in [-0.15, -0.1) is 0 Å². The molecule has 5 aromatic rings. The lowest BCUT2D eigenvalue weighted by Crippen LogP contribution is -2.13. The normalized spacial score (nSPS) is 10.9. The zero-order chi connectivity index (χ0) is 19.6. The van der Waals surface area contributed by atoms with Crippen LogP contribution in [0.15, 0.2) is 103 Å². The Kier molecular flexibility index (Phi) is 4.49. The molecule has 0 unspecified atom stereocenters. The molecule has 0 saturated heterocycles. The second kappa shape index (κ2) is 7.44. The summed E-state index contributed by atoms with van der Waals surface area (Å²) in [5, 5.41) is 1.24. The van der Waals surface area contributed by atoms with E-state index < -0.39 is 0 Å². The fraction of sp³-hybridized carbons (Fsp3) is 0.0385. The minimum Gasteiger partial charge on any atom is -0.309 e. The fourth-order valence-electron chi connectivity index (χ4n) is 3.83. The summed E-state index contributed by atoms with van der Waals surface area (Å²) in [7, 11) is 2.01. The maximum Gasteiger partial charge on any atom is 0.174 e. The summed E-state index contributed by atoms with van der Waals surface area (Å²) in [5.74, 6) is 0. The van der Waals surface area contributed by atoms with E-state index >= 15 is 0 Å². The summed E-state index contributed by atoms with van der Waals surface area (Å²) in [6.45, 7) is 2.00. The summed E-state index contributed by atoms with van der Waals surface area (Å²) in [4.78, 5) is 4.52. The number of pyridine rings is 1. The molecule has 0 N–H and O–H groups in total. The van der Waals surface area contributed by atoms with Gasteiger partial charge in [0.2, 0.25) is 0 Å². The van der Waals surface area contributed by atoms with Gasteiger partial charge in [0.25, 0.3) is 0 Å². The van der Waals surface area contributed by atoms with Gasteiger partial charge in [0.05, 0.1) is 11.2 Å². The lowest BCUT2D eigenvalue weighted by atomic mass is 9.77. The van der Waals surface area contributed by atoms with Crippen LogP contribution in [0.3, 0.4) is 0 Å². The highest BCUT2D eigenvalue weighted by atomic mass is 15.0. The van der Waals surface area contributed by atoms with Crippen molar-refractivity contribution in [2.75, 3.05) is 0 Å². The zero-order valence-electron chi connectivity index (χ0n) is 16.3. The highest BCUT2D eigenvalue weighted by molar-refractivity contribution is 6.50. The van der Waals surface area contributed by atoms with E-state index in [1.807, 2.05) is 20.3 Å². The molecule has 2 aromatic heterocycles. The molecule has 3 heteroatoms. The van der Waals surface area contributed by atoms with Crippen molar-refractivity contribution in [3.05, 3.63) is 103 Å². The van der Waals surface area contributed by atoms with Gasteiger partial charge in [0, 0.05) is 22.8 Å². The van der Waals surface area contributed by atoms with Crippen LogP contribution in [0, 0.1) is 0 Å². The van der Waals surface area contributed by atoms with E-state index in [9.17, 15) is 0 Å². The predicted octanol–water partition coefficient (Wildman–Crippen LogP) is 5.74. The Balaban J connectivity index is 1.69. The van der Waals surface area contributed by atoms with Gasteiger partial charge < -0.3 is 4.57 Å². The number of rotatable bonds is 4. The van der Waals surface area contributed by atoms with Crippen molar-refractivity contribution in [3.8, 4) is 28.1 Å². The lowest BCUT2D eigenvalue weighted by Gasteiger charge is -2.13. The molecule has 0 fully saturated rings. The minimum absolute atomic E-state index is 0.993. The first-order valence-electron chi connectivity index (χ1n) is 9.85. The van der Waals surface area contributed by atoms with Crippen LogP contribution in [-0.2, 0) is 0 Å². The molecule has 0 spiro atoms. The molecule has 2 nitrogen and oxygen atoms in total. The predicted molar refractivity (Wildman–Crippen MR) is 123 cm³/mol. The monoisotopic (exact) mass is 371 g/mol. The Morgan fingerprint density at radius 1 is 0.690 bits per heavy atom. The van der Waals surface area contributed by atoms with Crippen molar-refractivity contribution in [1.29, 1.82) is 0 Å². The van der Waals surface area contributed by atoms with Gasteiger partial charge in [-0.3, -0.25) is 4.98 Å². The number of nitrogens with zero attached hydrogens (tertiary/aromatic N) is 2. The topological polar surface area (TPSA) is 17.8 Å². The van der Waals surface area contributed by atoms with Crippen LogP contribution < -0.4 is 5.59 Å². The molecule has 3 aromatic carbocycles. The Morgan fingerprint density at radius 3 is 2.28 bits per heavy atom. The van der Waals surface area contributed by atoms with Crippen LogP contribution >= 0.6 is 0 Å². The van der Waals surface area contributed by atoms with Crippen molar-refractivity contribution in [1.82, 2.24) is 9.55 Å². The molecular weight excluding hydrogens is 351 g/mol. The lowest BCUT2D eigenvalue weighted by molar-refractivity contribution is 1.13. The molecule has 2 heterocycles. The van der Waals surface area contributed by atoms with Crippen molar-refractivity contribution in [3.63, 3.8) is 0 Å². The molecule has 0 saturated carbocycles. The first kappa shape index (κ1) is 17.5. The molecule has 0 aliphatic heterocycles. The summed E-state index contributed by atoms with van der Waals surface area (Å²) in [5.41, 5.74) is 8.03. The SMILES string of the molecule is C[B]c1ccc(-c2cccc(-n3c(-c4ccccc4)cc4ccccc43)c2)cn1. The maximum atomic E-state index is 4.52. The zero-order valence-corrected chi connectivity index (χ0v) is 16.3. The van der Waals surface area contributed by atoms with Crippen molar-refractivity contribution < 1.29 is 0 Å². The third kappa shape index (κ3) is 3.25. The van der Waals surface area contributed by atoms with Crippen molar-refractivity contribution in [2.45, 2.75) is 6.82 Å². The van der Waals surface area contributed by atoms with Gasteiger partial charge >= 0.3 is 0 Å². The molecular formula is C26H20BN2. The number of aromatic nitrogens is 2. The molecule has 0 atom stereocenters. The number of hydrogen-bond acceptors (Lipinski definition) is 1. The van der Waals surface area contributed by atoms with Gasteiger partial charge in [-0.1, -0.05) is 79.6 Å². The Bertz CT molecular complexity index is 1270.